The van der Waals surface area contributed by atoms with Crippen molar-refractivity contribution < 1.29 is 14.7 Å². The molecule has 2 heterocycles. The van der Waals surface area contributed by atoms with E-state index in [1.165, 1.54) is 23.5 Å². The average molecular weight is 351 g/mol. The van der Waals surface area contributed by atoms with E-state index in [0.717, 1.165) is 5.69 Å². The lowest BCUT2D eigenvalue weighted by molar-refractivity contribution is 0.0696. The Morgan fingerprint density at radius 3 is 2.70 bits per heavy atom. The molecule has 2 N–H and O–H groups in total. The summed E-state index contributed by atoms with van der Waals surface area (Å²) in [5.74, 6) is -0.790. The van der Waals surface area contributed by atoms with Gasteiger partial charge in [0.05, 0.1) is 10.6 Å². The van der Waals surface area contributed by atoms with E-state index in [9.17, 15) is 9.59 Å². The maximum atomic E-state index is 12.4. The van der Waals surface area contributed by atoms with Crippen LogP contribution in [0.25, 0.3) is 4.96 Å². The highest BCUT2D eigenvalue weighted by molar-refractivity contribution is 7.19. The quantitative estimate of drug-likeness (QED) is 0.756. The molecular weight excluding hydrogens is 340 g/mol. The van der Waals surface area contributed by atoms with E-state index in [2.05, 4.69) is 15.5 Å². The number of rotatable bonds is 3. The Kier molecular flexibility index (Phi) is 3.78. The first-order chi connectivity index (χ1) is 10.9. The first-order valence-electron chi connectivity index (χ1n) is 6.54. The summed E-state index contributed by atoms with van der Waals surface area (Å²) < 4.78 is 1.80. The molecule has 0 spiro atoms. The molecule has 3 aromatic rings. The minimum atomic E-state index is -1.15. The van der Waals surface area contributed by atoms with Gasteiger partial charge >= 0.3 is 5.97 Å². The number of fused-ring (bicyclic) bond motifs is 1. The highest BCUT2D eigenvalue weighted by Gasteiger charge is 2.19. The van der Waals surface area contributed by atoms with Gasteiger partial charge in [0.25, 0.3) is 5.91 Å². The van der Waals surface area contributed by atoms with Crippen LogP contribution >= 0.6 is 22.9 Å². The summed E-state index contributed by atoms with van der Waals surface area (Å²) in [6.45, 7) is 3.61. The molecule has 0 fully saturated rings. The topological polar surface area (TPSA) is 96.6 Å². The van der Waals surface area contributed by atoms with Crippen LogP contribution in [0.5, 0.6) is 0 Å². The molecule has 0 radical (unpaired) electrons. The maximum absolute atomic E-state index is 12.4. The minimum Gasteiger partial charge on any atom is -0.478 e. The number of benzene rings is 1. The molecule has 0 aliphatic carbocycles. The van der Waals surface area contributed by atoms with Gasteiger partial charge < -0.3 is 10.4 Å². The summed E-state index contributed by atoms with van der Waals surface area (Å²) in [6.07, 6.45) is 0. The number of anilines is 1. The third-order valence-corrected chi connectivity index (χ3v) is 4.77. The van der Waals surface area contributed by atoms with Gasteiger partial charge in [-0.2, -0.15) is 0 Å². The van der Waals surface area contributed by atoms with Gasteiger partial charge in [-0.1, -0.05) is 22.9 Å². The van der Waals surface area contributed by atoms with Gasteiger partial charge in [0.15, 0.2) is 0 Å². The fourth-order valence-electron chi connectivity index (χ4n) is 2.23. The van der Waals surface area contributed by atoms with Crippen molar-refractivity contribution in [3.05, 3.63) is 45.2 Å². The van der Waals surface area contributed by atoms with E-state index in [1.807, 2.05) is 0 Å². The van der Waals surface area contributed by atoms with Crippen LogP contribution in [0.15, 0.2) is 18.2 Å². The zero-order chi connectivity index (χ0) is 16.7. The molecule has 0 saturated carbocycles. The molecule has 0 aliphatic heterocycles. The van der Waals surface area contributed by atoms with Crippen molar-refractivity contribution in [3.63, 3.8) is 0 Å². The maximum Gasteiger partial charge on any atom is 0.337 e. The fourth-order valence-corrected chi connectivity index (χ4v) is 3.43. The van der Waals surface area contributed by atoms with Crippen molar-refractivity contribution in [2.24, 2.45) is 0 Å². The standard InChI is InChI=1S/C14H11ClN4O3S/c1-6-11(23-14-18-17-7(2)19(6)14)12(20)16-8-3-4-10(15)9(5-8)13(21)22/h3-5H,1-2H3,(H,16,20)(H,21,22). The van der Waals surface area contributed by atoms with Crippen LogP contribution in [0.1, 0.15) is 31.5 Å². The molecule has 0 unspecified atom stereocenters. The van der Waals surface area contributed by atoms with E-state index in [1.54, 1.807) is 24.3 Å². The lowest BCUT2D eigenvalue weighted by Crippen LogP contribution is -2.13. The van der Waals surface area contributed by atoms with Crippen molar-refractivity contribution in [2.75, 3.05) is 5.32 Å². The van der Waals surface area contributed by atoms with Crippen molar-refractivity contribution in [3.8, 4) is 0 Å². The Hall–Kier alpha value is -2.45. The monoisotopic (exact) mass is 350 g/mol. The number of hydrogen-bond donors (Lipinski definition) is 2. The van der Waals surface area contributed by atoms with E-state index in [4.69, 9.17) is 16.7 Å². The average Bonchev–Trinajstić information content (AvgIpc) is 3.02. The SMILES string of the molecule is Cc1nnc2sc(C(=O)Nc3ccc(Cl)c(C(=O)O)c3)c(C)n12. The molecule has 2 aromatic heterocycles. The van der Waals surface area contributed by atoms with Gasteiger partial charge in [-0.25, -0.2) is 4.79 Å². The Bertz CT molecular complexity index is 947. The normalized spacial score (nSPS) is 10.9. The number of aryl methyl sites for hydroxylation is 2. The van der Waals surface area contributed by atoms with Crippen LogP contribution in [-0.2, 0) is 0 Å². The molecule has 0 saturated heterocycles. The van der Waals surface area contributed by atoms with Crippen LogP contribution in [-0.4, -0.2) is 31.6 Å². The summed E-state index contributed by atoms with van der Waals surface area (Å²) in [5, 5.41) is 19.8. The molecule has 9 heteroatoms. The molecular formula is C14H11ClN4O3S. The number of carboxylic acid groups (broad SMARTS) is 1. The van der Waals surface area contributed by atoms with Crippen LogP contribution < -0.4 is 5.32 Å². The Morgan fingerprint density at radius 2 is 2.04 bits per heavy atom. The number of nitrogens with zero attached hydrogens (tertiary/aromatic N) is 3. The number of aromatic carboxylic acids is 1. The Labute approximate surface area is 139 Å². The van der Waals surface area contributed by atoms with Gasteiger partial charge in [0.1, 0.15) is 10.7 Å². The number of carboxylic acids is 1. The molecule has 118 valence electrons. The zero-order valence-electron chi connectivity index (χ0n) is 12.1. The predicted octanol–water partition coefficient (Wildman–Crippen LogP) is 3.01. The van der Waals surface area contributed by atoms with Crippen LogP contribution in [0, 0.1) is 13.8 Å². The molecule has 23 heavy (non-hydrogen) atoms. The Balaban J connectivity index is 1.93. The molecule has 3 rings (SSSR count). The zero-order valence-corrected chi connectivity index (χ0v) is 13.7. The number of carbonyl (C=O) groups is 2. The lowest BCUT2D eigenvalue weighted by atomic mass is 10.2. The molecule has 1 aromatic carbocycles. The van der Waals surface area contributed by atoms with Gasteiger partial charge in [0, 0.05) is 11.4 Å². The van der Waals surface area contributed by atoms with Crippen LogP contribution in [0.2, 0.25) is 5.02 Å². The number of aromatic nitrogens is 3. The summed E-state index contributed by atoms with van der Waals surface area (Å²) >= 11 is 7.04. The highest BCUT2D eigenvalue weighted by Crippen LogP contribution is 2.25. The molecule has 0 atom stereocenters. The number of thiazole rings is 1. The summed E-state index contributed by atoms with van der Waals surface area (Å²) in [7, 11) is 0. The third kappa shape index (κ3) is 2.66. The number of amides is 1. The first kappa shape index (κ1) is 15.4. The highest BCUT2D eigenvalue weighted by atomic mass is 35.5. The number of halogens is 1. The van der Waals surface area contributed by atoms with E-state index < -0.39 is 5.97 Å². The molecule has 0 aliphatic rings. The van der Waals surface area contributed by atoms with Gasteiger partial charge in [0.2, 0.25) is 4.96 Å². The summed E-state index contributed by atoms with van der Waals surface area (Å²) in [5.41, 5.74) is 1.02. The molecule has 0 bridgehead atoms. The van der Waals surface area contributed by atoms with Crippen LogP contribution in [0.4, 0.5) is 5.69 Å². The molecule has 1 amide bonds. The van der Waals surface area contributed by atoms with Crippen molar-refractivity contribution in [2.45, 2.75) is 13.8 Å². The number of nitrogens with one attached hydrogen (secondary N) is 1. The second kappa shape index (κ2) is 5.64. The molecule has 7 nitrogen and oxygen atoms in total. The third-order valence-electron chi connectivity index (χ3n) is 3.31. The van der Waals surface area contributed by atoms with E-state index in [-0.39, 0.29) is 16.5 Å². The number of hydrogen-bond acceptors (Lipinski definition) is 5. The summed E-state index contributed by atoms with van der Waals surface area (Å²) in [6, 6.07) is 4.31. The van der Waals surface area contributed by atoms with Crippen molar-refractivity contribution >= 4 is 45.5 Å². The van der Waals surface area contributed by atoms with E-state index in [0.29, 0.717) is 21.3 Å². The lowest BCUT2D eigenvalue weighted by Gasteiger charge is -2.06. The summed E-state index contributed by atoms with van der Waals surface area (Å²) in [4.78, 5) is 24.7. The van der Waals surface area contributed by atoms with E-state index >= 15 is 0 Å². The van der Waals surface area contributed by atoms with Gasteiger partial charge in [-0.05, 0) is 32.0 Å². The number of carbonyl (C=O) groups excluding carboxylic acids is 1. The second-order valence-electron chi connectivity index (χ2n) is 4.84. The van der Waals surface area contributed by atoms with Gasteiger partial charge in [-0.3, -0.25) is 9.20 Å². The fraction of sp³-hybridized carbons (Fsp3) is 0.143. The van der Waals surface area contributed by atoms with Gasteiger partial charge in [-0.15, -0.1) is 10.2 Å². The van der Waals surface area contributed by atoms with Crippen LogP contribution in [0.3, 0.4) is 0 Å². The minimum absolute atomic E-state index is 0.0674. The van der Waals surface area contributed by atoms with Crippen molar-refractivity contribution in [1.29, 1.82) is 0 Å². The second-order valence-corrected chi connectivity index (χ2v) is 6.22. The largest absolute Gasteiger partial charge is 0.478 e. The van der Waals surface area contributed by atoms with Crippen molar-refractivity contribution in [1.82, 2.24) is 14.6 Å². The Morgan fingerprint density at radius 1 is 1.30 bits per heavy atom. The predicted molar refractivity (Wildman–Crippen MR) is 86.7 cm³/mol. The first-order valence-corrected chi connectivity index (χ1v) is 7.73. The smallest absolute Gasteiger partial charge is 0.337 e.